The van der Waals surface area contributed by atoms with E-state index in [0.29, 0.717) is 11.6 Å². The first-order valence-electron chi connectivity index (χ1n) is 8.33. The molecule has 4 nitrogen and oxygen atoms in total. The van der Waals surface area contributed by atoms with Crippen LogP contribution < -0.4 is 4.80 Å². The summed E-state index contributed by atoms with van der Waals surface area (Å²) in [6.07, 6.45) is 3.84. The Kier molecular flexibility index (Phi) is 4.73. The summed E-state index contributed by atoms with van der Waals surface area (Å²) in [5, 5.41) is 8.64. The molecule has 4 aromatic rings. The highest BCUT2D eigenvalue weighted by molar-refractivity contribution is 7.07. The number of fused-ring (bicyclic) bond motifs is 1. The third-order valence-electron chi connectivity index (χ3n) is 4.03. The summed E-state index contributed by atoms with van der Waals surface area (Å²) in [5.41, 5.74) is 4.12. The lowest BCUT2D eigenvalue weighted by Crippen LogP contribution is -2.12. The van der Waals surface area contributed by atoms with E-state index in [1.54, 1.807) is 11.3 Å². The molecule has 6 heteroatoms. The molecular weight excluding hydrogens is 364 g/mol. The predicted molar refractivity (Wildman–Crippen MR) is 110 cm³/mol. The molecule has 0 aliphatic carbocycles. The highest BCUT2D eigenvalue weighted by Gasteiger charge is 2.08. The van der Waals surface area contributed by atoms with Crippen LogP contribution in [0.3, 0.4) is 0 Å². The van der Waals surface area contributed by atoms with E-state index in [4.69, 9.17) is 16.7 Å². The van der Waals surface area contributed by atoms with Crippen LogP contribution in [0.5, 0.6) is 0 Å². The van der Waals surface area contributed by atoms with Crippen LogP contribution in [-0.4, -0.2) is 22.4 Å². The second kappa shape index (κ2) is 7.32. The fourth-order valence-electron chi connectivity index (χ4n) is 2.82. The molecule has 0 unspecified atom stereocenters. The van der Waals surface area contributed by atoms with Gasteiger partial charge in [0.25, 0.3) is 0 Å². The Bertz CT molecular complexity index is 1150. The molecule has 0 aliphatic heterocycles. The molecule has 0 saturated heterocycles. The fourth-order valence-corrected chi connectivity index (χ4v) is 3.91. The third kappa shape index (κ3) is 3.23. The first kappa shape index (κ1) is 16.8. The summed E-state index contributed by atoms with van der Waals surface area (Å²) in [4.78, 5) is 8.70. The van der Waals surface area contributed by atoms with Crippen molar-refractivity contribution in [1.82, 2.24) is 9.66 Å². The average Bonchev–Trinajstić information content (AvgIpc) is 3.24. The standard InChI is InChI=1S/C20H17ClN4S/c1-2-22-20-25(19(13-26-20)14-6-5-7-16(21)10-14)24-12-15-11-23-18-9-4-3-8-17(15)18/h3-13,23H,2H2,1H3. The summed E-state index contributed by atoms with van der Waals surface area (Å²) >= 11 is 7.74. The van der Waals surface area contributed by atoms with Crippen LogP contribution in [0, 0.1) is 0 Å². The van der Waals surface area contributed by atoms with Crippen molar-refractivity contribution >= 4 is 40.1 Å². The zero-order valence-corrected chi connectivity index (χ0v) is 15.8. The van der Waals surface area contributed by atoms with Gasteiger partial charge in [0.15, 0.2) is 0 Å². The molecule has 2 heterocycles. The van der Waals surface area contributed by atoms with E-state index in [-0.39, 0.29) is 0 Å². The Morgan fingerprint density at radius 2 is 2.08 bits per heavy atom. The monoisotopic (exact) mass is 380 g/mol. The summed E-state index contributed by atoms with van der Waals surface area (Å²) in [6, 6.07) is 16.0. The number of rotatable bonds is 4. The molecule has 0 atom stereocenters. The van der Waals surface area contributed by atoms with Gasteiger partial charge in [-0.3, -0.25) is 4.99 Å². The minimum absolute atomic E-state index is 0.704. The van der Waals surface area contributed by atoms with Crippen molar-refractivity contribution in [2.75, 3.05) is 6.54 Å². The van der Waals surface area contributed by atoms with Gasteiger partial charge in [-0.05, 0) is 25.1 Å². The van der Waals surface area contributed by atoms with E-state index in [1.165, 1.54) is 0 Å². The molecule has 0 saturated carbocycles. The van der Waals surface area contributed by atoms with Gasteiger partial charge in [-0.1, -0.05) is 41.9 Å². The van der Waals surface area contributed by atoms with Crippen LogP contribution in [-0.2, 0) is 0 Å². The molecule has 0 amide bonds. The van der Waals surface area contributed by atoms with E-state index >= 15 is 0 Å². The molecule has 0 spiro atoms. The minimum Gasteiger partial charge on any atom is -0.361 e. The number of aromatic amines is 1. The number of nitrogens with one attached hydrogen (secondary N) is 1. The van der Waals surface area contributed by atoms with Crippen LogP contribution in [0.4, 0.5) is 0 Å². The first-order valence-corrected chi connectivity index (χ1v) is 9.59. The Morgan fingerprint density at radius 1 is 1.19 bits per heavy atom. The summed E-state index contributed by atoms with van der Waals surface area (Å²) in [7, 11) is 0. The largest absolute Gasteiger partial charge is 0.361 e. The summed E-state index contributed by atoms with van der Waals surface area (Å²) < 4.78 is 1.88. The number of H-pyrrole nitrogens is 1. The van der Waals surface area contributed by atoms with E-state index < -0.39 is 0 Å². The van der Waals surface area contributed by atoms with Crippen molar-refractivity contribution in [3.05, 3.63) is 75.5 Å². The SMILES string of the molecule is CCN=c1scc(-c2cccc(Cl)c2)n1N=Cc1c[nH]c2ccccc12. The molecule has 26 heavy (non-hydrogen) atoms. The third-order valence-corrected chi connectivity index (χ3v) is 5.12. The maximum Gasteiger partial charge on any atom is 0.206 e. The van der Waals surface area contributed by atoms with Crippen molar-refractivity contribution in [3.8, 4) is 11.3 Å². The molecule has 0 aliphatic rings. The second-order valence-electron chi connectivity index (χ2n) is 5.73. The number of hydrogen-bond acceptors (Lipinski definition) is 3. The molecule has 4 rings (SSSR count). The number of halogens is 1. The quantitative estimate of drug-likeness (QED) is 0.476. The van der Waals surface area contributed by atoms with Crippen LogP contribution >= 0.6 is 22.9 Å². The van der Waals surface area contributed by atoms with Crippen molar-refractivity contribution in [1.29, 1.82) is 0 Å². The summed E-state index contributed by atoms with van der Waals surface area (Å²) in [5.74, 6) is 0. The molecule has 2 aromatic carbocycles. The second-order valence-corrected chi connectivity index (χ2v) is 7.01. The topological polar surface area (TPSA) is 45.4 Å². The molecule has 1 N–H and O–H groups in total. The highest BCUT2D eigenvalue weighted by Crippen LogP contribution is 2.23. The lowest BCUT2D eigenvalue weighted by atomic mass is 10.2. The van der Waals surface area contributed by atoms with Gasteiger partial charge < -0.3 is 4.98 Å². The van der Waals surface area contributed by atoms with Crippen LogP contribution in [0.2, 0.25) is 5.02 Å². The van der Waals surface area contributed by atoms with Gasteiger partial charge in [0.2, 0.25) is 4.80 Å². The number of aromatic nitrogens is 2. The van der Waals surface area contributed by atoms with Crippen molar-refractivity contribution in [2.24, 2.45) is 10.1 Å². The maximum absolute atomic E-state index is 6.17. The van der Waals surface area contributed by atoms with Crippen molar-refractivity contribution in [3.63, 3.8) is 0 Å². The maximum atomic E-state index is 6.17. The van der Waals surface area contributed by atoms with E-state index in [1.807, 2.05) is 60.4 Å². The predicted octanol–water partition coefficient (Wildman–Crippen LogP) is 5.15. The molecule has 0 radical (unpaired) electrons. The van der Waals surface area contributed by atoms with Gasteiger partial charge in [0.05, 0.1) is 11.9 Å². The van der Waals surface area contributed by atoms with Crippen LogP contribution in [0.1, 0.15) is 12.5 Å². The van der Waals surface area contributed by atoms with Crippen LogP contribution in [0.15, 0.2) is 70.2 Å². The number of thiazole rings is 1. The normalized spacial score (nSPS) is 12.5. The average molecular weight is 381 g/mol. The minimum atomic E-state index is 0.704. The smallest absolute Gasteiger partial charge is 0.206 e. The van der Waals surface area contributed by atoms with E-state index in [2.05, 4.69) is 27.5 Å². The Morgan fingerprint density at radius 3 is 2.92 bits per heavy atom. The number of nitrogens with zero attached hydrogens (tertiary/aromatic N) is 3. The molecule has 130 valence electrons. The lowest BCUT2D eigenvalue weighted by Gasteiger charge is -2.04. The Labute approximate surface area is 160 Å². The van der Waals surface area contributed by atoms with Gasteiger partial charge in [0.1, 0.15) is 0 Å². The van der Waals surface area contributed by atoms with Gasteiger partial charge in [-0.15, -0.1) is 11.3 Å². The van der Waals surface area contributed by atoms with Gasteiger partial charge in [-0.25, -0.2) is 4.68 Å². The van der Waals surface area contributed by atoms with E-state index in [9.17, 15) is 0 Å². The number of benzene rings is 2. The van der Waals surface area contributed by atoms with E-state index in [0.717, 1.165) is 32.5 Å². The molecule has 0 fully saturated rings. The Balaban J connectivity index is 1.82. The fraction of sp³-hybridized carbons (Fsp3) is 0.100. The lowest BCUT2D eigenvalue weighted by molar-refractivity contribution is 0.833. The zero-order valence-electron chi connectivity index (χ0n) is 14.2. The van der Waals surface area contributed by atoms with Crippen LogP contribution in [0.25, 0.3) is 22.2 Å². The number of hydrogen-bond donors (Lipinski definition) is 1. The van der Waals surface area contributed by atoms with Gasteiger partial charge in [-0.2, -0.15) is 5.10 Å². The number of para-hydroxylation sites is 1. The highest BCUT2D eigenvalue weighted by atomic mass is 35.5. The summed E-state index contributed by atoms with van der Waals surface area (Å²) in [6.45, 7) is 2.73. The molecule has 0 bridgehead atoms. The zero-order chi connectivity index (χ0) is 17.9. The molecular formula is C20H17ClN4S. The van der Waals surface area contributed by atoms with Crippen molar-refractivity contribution in [2.45, 2.75) is 6.92 Å². The Hall–Kier alpha value is -2.63. The van der Waals surface area contributed by atoms with Gasteiger partial charge in [0, 0.05) is 45.2 Å². The van der Waals surface area contributed by atoms with Gasteiger partial charge >= 0.3 is 0 Å². The molecule has 2 aromatic heterocycles. The first-order chi connectivity index (χ1) is 12.8. The van der Waals surface area contributed by atoms with Crippen molar-refractivity contribution < 1.29 is 0 Å².